The van der Waals surface area contributed by atoms with Crippen LogP contribution in [0.1, 0.15) is 26.7 Å². The average Bonchev–Trinajstić information content (AvgIpc) is 2.05. The molecular weight excluding hydrogens is 166 g/mol. The summed E-state index contributed by atoms with van der Waals surface area (Å²) >= 11 is 0. The summed E-state index contributed by atoms with van der Waals surface area (Å²) in [5.74, 6) is -0.277. The van der Waals surface area contributed by atoms with Gasteiger partial charge in [0, 0.05) is 19.1 Å². The fraction of sp³-hybridized carbons (Fsp3) is 0.889. The molecule has 0 radical (unpaired) electrons. The molecule has 4 nitrogen and oxygen atoms in total. The van der Waals surface area contributed by atoms with E-state index in [1.807, 2.05) is 0 Å². The number of carbonyl (C=O) groups excluding carboxylic acids is 1. The Labute approximate surface area is 80.3 Å². The third-order valence-electron chi connectivity index (χ3n) is 2.23. The van der Waals surface area contributed by atoms with Gasteiger partial charge in [-0.05, 0) is 12.8 Å². The summed E-state index contributed by atoms with van der Waals surface area (Å²) in [5.41, 5.74) is 10.6. The van der Waals surface area contributed by atoms with Gasteiger partial charge < -0.3 is 11.5 Å². The van der Waals surface area contributed by atoms with Crippen LogP contribution in [0.15, 0.2) is 0 Å². The summed E-state index contributed by atoms with van der Waals surface area (Å²) in [4.78, 5) is 12.8. The number of rotatable bonds is 7. The summed E-state index contributed by atoms with van der Waals surface area (Å²) in [6.45, 7) is 5.86. The molecule has 0 aromatic rings. The zero-order valence-corrected chi connectivity index (χ0v) is 8.62. The highest BCUT2D eigenvalue weighted by Crippen LogP contribution is 2.06. The highest BCUT2D eigenvalue weighted by molar-refractivity contribution is 5.75. The number of amides is 1. The van der Waals surface area contributed by atoms with E-state index in [2.05, 4.69) is 18.7 Å². The second-order valence-corrected chi connectivity index (χ2v) is 3.20. The van der Waals surface area contributed by atoms with Crippen molar-refractivity contribution in [3.05, 3.63) is 0 Å². The molecule has 0 aromatic heterocycles. The van der Waals surface area contributed by atoms with E-state index in [0.29, 0.717) is 19.1 Å². The predicted molar refractivity (Wildman–Crippen MR) is 54.2 cm³/mol. The normalized spacial score (nSPS) is 11.2. The average molecular weight is 187 g/mol. The Morgan fingerprint density at radius 2 is 1.92 bits per heavy atom. The summed E-state index contributed by atoms with van der Waals surface area (Å²) in [7, 11) is 0. The maximum absolute atomic E-state index is 10.8. The van der Waals surface area contributed by atoms with Crippen molar-refractivity contribution in [1.82, 2.24) is 4.90 Å². The number of nitrogens with two attached hydrogens (primary N) is 2. The lowest BCUT2D eigenvalue weighted by molar-refractivity contribution is -0.119. The molecule has 0 aliphatic heterocycles. The zero-order chi connectivity index (χ0) is 10.3. The number of nitrogens with zero attached hydrogens (tertiary/aromatic N) is 1. The molecule has 0 aliphatic carbocycles. The predicted octanol–water partition coefficient (Wildman–Crippen LogP) is -0.0790. The molecule has 0 rings (SSSR count). The Morgan fingerprint density at radius 3 is 2.23 bits per heavy atom. The van der Waals surface area contributed by atoms with Crippen molar-refractivity contribution in [2.45, 2.75) is 32.7 Å². The topological polar surface area (TPSA) is 72.3 Å². The van der Waals surface area contributed by atoms with Gasteiger partial charge in [0.15, 0.2) is 0 Å². The van der Waals surface area contributed by atoms with Gasteiger partial charge in [-0.3, -0.25) is 9.69 Å². The van der Waals surface area contributed by atoms with Gasteiger partial charge in [-0.25, -0.2) is 0 Å². The molecule has 0 spiro atoms. The molecule has 0 aromatic carbocycles. The van der Waals surface area contributed by atoms with Crippen LogP contribution in [0.3, 0.4) is 0 Å². The van der Waals surface area contributed by atoms with E-state index in [9.17, 15) is 4.79 Å². The standard InChI is InChI=1S/C9H21N3O/c1-3-8(4-2)12(6-5-10)7-9(11)13/h8H,3-7,10H2,1-2H3,(H2,11,13). The van der Waals surface area contributed by atoms with Gasteiger partial charge in [0.05, 0.1) is 6.54 Å². The smallest absolute Gasteiger partial charge is 0.231 e. The fourth-order valence-corrected chi connectivity index (χ4v) is 1.56. The van der Waals surface area contributed by atoms with Crippen LogP contribution < -0.4 is 11.5 Å². The Balaban J connectivity index is 4.11. The number of hydrogen-bond acceptors (Lipinski definition) is 3. The van der Waals surface area contributed by atoms with Gasteiger partial charge in [0.1, 0.15) is 0 Å². The first kappa shape index (κ1) is 12.4. The summed E-state index contributed by atoms with van der Waals surface area (Å²) in [6, 6.07) is 0.427. The van der Waals surface area contributed by atoms with E-state index >= 15 is 0 Å². The molecule has 4 heteroatoms. The molecule has 0 saturated carbocycles. The van der Waals surface area contributed by atoms with Gasteiger partial charge in [0.2, 0.25) is 5.91 Å². The fourth-order valence-electron chi connectivity index (χ4n) is 1.56. The SMILES string of the molecule is CCC(CC)N(CCN)CC(N)=O. The van der Waals surface area contributed by atoms with Crippen LogP contribution in [-0.4, -0.2) is 36.5 Å². The van der Waals surface area contributed by atoms with Crippen LogP contribution in [0.2, 0.25) is 0 Å². The van der Waals surface area contributed by atoms with Crippen LogP contribution in [0.25, 0.3) is 0 Å². The summed E-state index contributed by atoms with van der Waals surface area (Å²) in [5, 5.41) is 0. The molecule has 0 unspecified atom stereocenters. The first-order chi connectivity index (χ1) is 6.15. The van der Waals surface area contributed by atoms with Crippen LogP contribution in [0, 0.1) is 0 Å². The Kier molecular flexibility index (Phi) is 6.54. The van der Waals surface area contributed by atoms with E-state index in [0.717, 1.165) is 19.4 Å². The second-order valence-electron chi connectivity index (χ2n) is 3.20. The quantitative estimate of drug-likeness (QED) is 0.585. The van der Waals surface area contributed by atoms with Crippen molar-refractivity contribution >= 4 is 5.91 Å². The molecule has 4 N–H and O–H groups in total. The van der Waals surface area contributed by atoms with Crippen molar-refractivity contribution < 1.29 is 4.79 Å². The molecule has 13 heavy (non-hydrogen) atoms. The molecule has 0 saturated heterocycles. The summed E-state index contributed by atoms with van der Waals surface area (Å²) in [6.07, 6.45) is 2.06. The monoisotopic (exact) mass is 187 g/mol. The van der Waals surface area contributed by atoms with Crippen molar-refractivity contribution in [2.24, 2.45) is 11.5 Å². The van der Waals surface area contributed by atoms with Gasteiger partial charge in [-0.15, -0.1) is 0 Å². The minimum Gasteiger partial charge on any atom is -0.369 e. The van der Waals surface area contributed by atoms with Crippen molar-refractivity contribution in [2.75, 3.05) is 19.6 Å². The van der Waals surface area contributed by atoms with E-state index in [1.54, 1.807) is 0 Å². The summed E-state index contributed by atoms with van der Waals surface area (Å²) < 4.78 is 0. The molecule has 0 bridgehead atoms. The maximum atomic E-state index is 10.8. The van der Waals surface area contributed by atoms with Crippen LogP contribution >= 0.6 is 0 Å². The first-order valence-corrected chi connectivity index (χ1v) is 4.88. The van der Waals surface area contributed by atoms with Gasteiger partial charge >= 0.3 is 0 Å². The van der Waals surface area contributed by atoms with E-state index in [-0.39, 0.29) is 5.91 Å². The molecule has 0 heterocycles. The number of carbonyl (C=O) groups is 1. The van der Waals surface area contributed by atoms with Crippen LogP contribution in [0.5, 0.6) is 0 Å². The minimum absolute atomic E-state index is 0.277. The Morgan fingerprint density at radius 1 is 1.38 bits per heavy atom. The van der Waals surface area contributed by atoms with E-state index in [1.165, 1.54) is 0 Å². The molecule has 0 fully saturated rings. The number of primary amides is 1. The van der Waals surface area contributed by atoms with E-state index in [4.69, 9.17) is 11.5 Å². The highest BCUT2D eigenvalue weighted by atomic mass is 16.1. The Bertz CT molecular complexity index is 146. The largest absolute Gasteiger partial charge is 0.369 e. The second kappa shape index (κ2) is 6.86. The van der Waals surface area contributed by atoms with Crippen molar-refractivity contribution in [3.8, 4) is 0 Å². The lowest BCUT2D eigenvalue weighted by Crippen LogP contribution is -2.43. The maximum Gasteiger partial charge on any atom is 0.231 e. The third-order valence-corrected chi connectivity index (χ3v) is 2.23. The molecule has 1 amide bonds. The first-order valence-electron chi connectivity index (χ1n) is 4.88. The van der Waals surface area contributed by atoms with Crippen LogP contribution in [0.4, 0.5) is 0 Å². The molecule has 0 aliphatic rings. The third kappa shape index (κ3) is 4.85. The van der Waals surface area contributed by atoms with Gasteiger partial charge in [-0.2, -0.15) is 0 Å². The minimum atomic E-state index is -0.277. The number of hydrogen-bond donors (Lipinski definition) is 2. The zero-order valence-electron chi connectivity index (χ0n) is 8.62. The van der Waals surface area contributed by atoms with Gasteiger partial charge in [0.25, 0.3) is 0 Å². The van der Waals surface area contributed by atoms with Crippen molar-refractivity contribution in [1.29, 1.82) is 0 Å². The van der Waals surface area contributed by atoms with Crippen molar-refractivity contribution in [3.63, 3.8) is 0 Å². The molecular formula is C9H21N3O. The van der Waals surface area contributed by atoms with Gasteiger partial charge in [-0.1, -0.05) is 13.8 Å². The highest BCUT2D eigenvalue weighted by Gasteiger charge is 2.15. The molecule has 0 atom stereocenters. The Hall–Kier alpha value is -0.610. The molecule has 78 valence electrons. The van der Waals surface area contributed by atoms with Crippen LogP contribution in [-0.2, 0) is 4.79 Å². The lowest BCUT2D eigenvalue weighted by Gasteiger charge is -2.28. The lowest BCUT2D eigenvalue weighted by atomic mass is 10.1. The van der Waals surface area contributed by atoms with E-state index < -0.39 is 0 Å².